The summed E-state index contributed by atoms with van der Waals surface area (Å²) in [4.78, 5) is 0. The molecule has 0 aromatic rings. The zero-order chi connectivity index (χ0) is 11.1. The summed E-state index contributed by atoms with van der Waals surface area (Å²) in [5.41, 5.74) is 0. The van der Waals surface area contributed by atoms with Gasteiger partial charge in [-0.25, -0.2) is 4.42 Å². The molecule has 0 aromatic heterocycles. The van der Waals surface area contributed by atoms with Crippen molar-refractivity contribution in [3.05, 3.63) is 0 Å². The van der Waals surface area contributed by atoms with Gasteiger partial charge in [0.05, 0.1) is 0 Å². The van der Waals surface area contributed by atoms with Gasteiger partial charge in [-0.1, -0.05) is 0 Å². The molecule has 1 aliphatic heterocycles. The molecule has 0 saturated heterocycles. The van der Waals surface area contributed by atoms with Crippen molar-refractivity contribution in [1.29, 1.82) is 0 Å². The maximum Gasteiger partial charge on any atom is 0.457 e. The van der Waals surface area contributed by atoms with Crippen LogP contribution in [0.2, 0.25) is 0 Å². The second kappa shape index (κ2) is 3.11. The van der Waals surface area contributed by atoms with Gasteiger partial charge in [0.2, 0.25) is 6.17 Å². The molecule has 0 N–H and O–H groups in total. The van der Waals surface area contributed by atoms with Crippen LogP contribution in [0.25, 0.3) is 0 Å². The highest BCUT2D eigenvalue weighted by atomic mass is 35.5. The largest absolute Gasteiger partial charge is 0.457 e. The first-order valence-corrected chi connectivity index (χ1v) is 3.67. The molecule has 1 aliphatic rings. The lowest BCUT2D eigenvalue weighted by Crippen LogP contribution is -2.56. The van der Waals surface area contributed by atoms with E-state index in [0.717, 1.165) is 7.05 Å². The summed E-state index contributed by atoms with van der Waals surface area (Å²) in [7, 11) is 0.975. The van der Waals surface area contributed by atoms with Crippen molar-refractivity contribution in [2.45, 2.75) is 18.3 Å². The summed E-state index contributed by atoms with van der Waals surface area (Å²) in [6, 6.07) is 0. The fraction of sp³-hybridized carbons (Fsp3) is 0.800. The van der Waals surface area contributed by atoms with Gasteiger partial charge in [-0.05, 0) is 0 Å². The quantitative estimate of drug-likeness (QED) is 0.512. The molecule has 0 amide bonds. The van der Waals surface area contributed by atoms with Crippen molar-refractivity contribution in [3.63, 3.8) is 0 Å². The zero-order valence-corrected chi connectivity index (χ0v) is 7.52. The number of rotatable bonds is 1. The molecule has 0 saturated carbocycles. The number of hydrogen-bond donors (Lipinski definition) is 0. The highest BCUT2D eigenvalue weighted by Gasteiger charge is 2.66. The molecule has 1 heterocycles. The van der Waals surface area contributed by atoms with E-state index in [0.29, 0.717) is 11.3 Å². The molecule has 1 rings (SSSR count). The minimum absolute atomic E-state index is 0.188. The average Bonchev–Trinajstić information content (AvgIpc) is 2.28. The Hall–Kier alpha value is -0.790. The van der Waals surface area contributed by atoms with Crippen LogP contribution in [0.5, 0.6) is 0 Å². The van der Waals surface area contributed by atoms with Crippen LogP contribution in [0.3, 0.4) is 0 Å². The molecular weight excluding hydrogens is 233 g/mol. The first-order valence-electron chi connectivity index (χ1n) is 3.33. The molecule has 9 heteroatoms. The molecule has 0 bridgehead atoms. The SMILES string of the molecule is CN1N=CN(Cl)C1C(F)(F)C(F)(F)F. The van der Waals surface area contributed by atoms with Crippen molar-refractivity contribution < 1.29 is 22.0 Å². The number of alkyl halides is 5. The number of hydrazone groups is 1. The Bertz CT molecular complexity index is 240. The normalized spacial score (nSPS) is 23.5. The van der Waals surface area contributed by atoms with Gasteiger partial charge in [0.25, 0.3) is 0 Å². The maximum absolute atomic E-state index is 12.8. The van der Waals surface area contributed by atoms with Crippen LogP contribution in [-0.4, -0.2) is 41.1 Å². The lowest BCUT2D eigenvalue weighted by molar-refractivity contribution is -0.308. The summed E-state index contributed by atoms with van der Waals surface area (Å²) in [6.07, 6.45) is -7.32. The third-order valence-electron chi connectivity index (χ3n) is 1.63. The predicted octanol–water partition coefficient (Wildman–Crippen LogP) is 1.85. The van der Waals surface area contributed by atoms with Gasteiger partial charge in [0.15, 0.2) is 0 Å². The summed E-state index contributed by atoms with van der Waals surface area (Å²) < 4.78 is 61.5. The molecule has 1 atom stereocenters. The Balaban J connectivity index is 2.93. The van der Waals surface area contributed by atoms with Crippen LogP contribution in [0, 0.1) is 0 Å². The molecule has 0 radical (unpaired) electrons. The Morgan fingerprint density at radius 3 is 2.07 bits per heavy atom. The number of halogens is 6. The van der Waals surface area contributed by atoms with E-state index in [1.165, 1.54) is 0 Å². The Morgan fingerprint density at radius 2 is 1.79 bits per heavy atom. The third kappa shape index (κ3) is 1.58. The molecular formula is C5H5ClF5N3. The van der Waals surface area contributed by atoms with Gasteiger partial charge in [-0.2, -0.15) is 27.1 Å². The van der Waals surface area contributed by atoms with E-state index in [4.69, 9.17) is 11.8 Å². The van der Waals surface area contributed by atoms with Crippen molar-refractivity contribution in [2.75, 3.05) is 7.05 Å². The van der Waals surface area contributed by atoms with Crippen LogP contribution >= 0.6 is 11.8 Å². The second-order valence-corrected chi connectivity index (χ2v) is 3.03. The fourth-order valence-corrected chi connectivity index (χ4v) is 1.24. The fourth-order valence-electron chi connectivity index (χ4n) is 0.953. The van der Waals surface area contributed by atoms with E-state index in [2.05, 4.69) is 5.10 Å². The van der Waals surface area contributed by atoms with Crippen LogP contribution in [-0.2, 0) is 0 Å². The molecule has 82 valence electrons. The van der Waals surface area contributed by atoms with E-state index in [1.807, 2.05) is 0 Å². The lowest BCUT2D eigenvalue weighted by Gasteiger charge is -2.31. The van der Waals surface area contributed by atoms with E-state index >= 15 is 0 Å². The van der Waals surface area contributed by atoms with Crippen LogP contribution in [0.15, 0.2) is 5.10 Å². The molecule has 1 unspecified atom stereocenters. The summed E-state index contributed by atoms with van der Waals surface area (Å²) >= 11 is 5.13. The summed E-state index contributed by atoms with van der Waals surface area (Å²) in [5, 5.41) is 3.65. The van der Waals surface area contributed by atoms with Crippen LogP contribution in [0.4, 0.5) is 22.0 Å². The predicted molar refractivity (Wildman–Crippen MR) is 38.7 cm³/mol. The first kappa shape index (κ1) is 11.3. The summed E-state index contributed by atoms with van der Waals surface area (Å²) in [6.45, 7) is 0. The smallest absolute Gasteiger partial charge is 0.268 e. The Morgan fingerprint density at radius 1 is 1.29 bits per heavy atom. The number of nitrogens with zero attached hydrogens (tertiary/aromatic N) is 3. The second-order valence-electron chi connectivity index (χ2n) is 2.64. The third-order valence-corrected chi connectivity index (χ3v) is 1.91. The van der Waals surface area contributed by atoms with Crippen molar-refractivity contribution in [3.8, 4) is 0 Å². The van der Waals surface area contributed by atoms with Gasteiger partial charge >= 0.3 is 12.1 Å². The van der Waals surface area contributed by atoms with E-state index in [-0.39, 0.29) is 4.42 Å². The zero-order valence-electron chi connectivity index (χ0n) is 6.76. The van der Waals surface area contributed by atoms with E-state index < -0.39 is 18.3 Å². The summed E-state index contributed by atoms with van der Waals surface area (Å²) in [5.74, 6) is -4.94. The van der Waals surface area contributed by atoms with Crippen LogP contribution in [0.1, 0.15) is 0 Å². The number of hydrogen-bond acceptors (Lipinski definition) is 3. The molecule has 3 nitrogen and oxygen atoms in total. The van der Waals surface area contributed by atoms with Gasteiger partial charge in [-0.3, -0.25) is 5.01 Å². The van der Waals surface area contributed by atoms with Gasteiger partial charge in [0, 0.05) is 18.8 Å². The highest BCUT2D eigenvalue weighted by molar-refractivity contribution is 6.19. The van der Waals surface area contributed by atoms with Crippen molar-refractivity contribution in [1.82, 2.24) is 9.43 Å². The van der Waals surface area contributed by atoms with Gasteiger partial charge in [-0.15, -0.1) is 0 Å². The van der Waals surface area contributed by atoms with Gasteiger partial charge in [0.1, 0.15) is 6.34 Å². The van der Waals surface area contributed by atoms with Crippen molar-refractivity contribution in [2.24, 2.45) is 5.10 Å². The average molecular weight is 238 g/mol. The molecule has 14 heavy (non-hydrogen) atoms. The molecule has 0 fully saturated rings. The highest BCUT2D eigenvalue weighted by Crippen LogP contribution is 2.42. The lowest BCUT2D eigenvalue weighted by atomic mass is 10.2. The van der Waals surface area contributed by atoms with E-state index in [9.17, 15) is 22.0 Å². The molecule has 0 aliphatic carbocycles. The first-order chi connectivity index (χ1) is 6.18. The Kier molecular flexibility index (Phi) is 2.51. The molecule has 0 aromatic carbocycles. The monoisotopic (exact) mass is 237 g/mol. The van der Waals surface area contributed by atoms with Crippen molar-refractivity contribution >= 4 is 18.1 Å². The topological polar surface area (TPSA) is 18.8 Å². The van der Waals surface area contributed by atoms with Gasteiger partial charge < -0.3 is 0 Å². The van der Waals surface area contributed by atoms with Crippen LogP contribution < -0.4 is 0 Å². The Labute approximate surface area is 80.8 Å². The van der Waals surface area contributed by atoms with E-state index in [1.54, 1.807) is 0 Å². The standard InChI is InChI=1S/C5H5ClF5N3/c1-13-3(14(6)2-12-13)4(7,8)5(9,10)11/h2-3H,1H3. The molecule has 0 spiro atoms. The minimum atomic E-state index is -5.66. The maximum atomic E-state index is 12.8. The minimum Gasteiger partial charge on any atom is -0.268 e.